The van der Waals surface area contributed by atoms with Gasteiger partial charge in [0, 0.05) is 12.6 Å². The quantitative estimate of drug-likeness (QED) is 0.821. The Hall–Kier alpha value is -0.860. The fraction of sp³-hybridized carbons (Fsp3) is 0.667. The lowest BCUT2D eigenvalue weighted by molar-refractivity contribution is 0.0393. The predicted octanol–water partition coefficient (Wildman–Crippen LogP) is 3.59. The number of ether oxygens (including phenoxy) is 1. The fourth-order valence-electron chi connectivity index (χ4n) is 2.98. The van der Waals surface area contributed by atoms with Crippen molar-refractivity contribution in [2.75, 3.05) is 19.8 Å². The van der Waals surface area contributed by atoms with Crippen LogP contribution in [0.25, 0.3) is 0 Å². The maximum Gasteiger partial charge on any atom is 0.0509 e. The predicted molar refractivity (Wildman–Crippen MR) is 85.1 cm³/mol. The zero-order valence-corrected chi connectivity index (χ0v) is 13.0. The van der Waals surface area contributed by atoms with E-state index >= 15 is 0 Å². The van der Waals surface area contributed by atoms with Gasteiger partial charge in [-0.2, -0.15) is 0 Å². The minimum atomic E-state index is 0.558. The van der Waals surface area contributed by atoms with Gasteiger partial charge in [0.1, 0.15) is 0 Å². The molecular formula is C18H29NO. The molecule has 0 amide bonds. The van der Waals surface area contributed by atoms with Crippen LogP contribution in [0.1, 0.15) is 44.2 Å². The van der Waals surface area contributed by atoms with E-state index in [0.717, 1.165) is 32.6 Å². The number of hydrogen-bond acceptors (Lipinski definition) is 2. The number of rotatable bonds is 7. The third-order valence-corrected chi connectivity index (χ3v) is 4.31. The van der Waals surface area contributed by atoms with Gasteiger partial charge in [-0.25, -0.2) is 0 Å². The van der Waals surface area contributed by atoms with Crippen LogP contribution >= 0.6 is 0 Å². The Morgan fingerprint density at radius 1 is 1.20 bits per heavy atom. The Balaban J connectivity index is 1.97. The van der Waals surface area contributed by atoms with Crippen LogP contribution in [0, 0.1) is 5.92 Å². The lowest BCUT2D eigenvalue weighted by atomic mass is 9.89. The van der Waals surface area contributed by atoms with Crippen molar-refractivity contribution in [3.8, 4) is 0 Å². The Morgan fingerprint density at radius 2 is 1.95 bits per heavy atom. The fourth-order valence-corrected chi connectivity index (χ4v) is 2.98. The van der Waals surface area contributed by atoms with Crippen LogP contribution in [0.5, 0.6) is 0 Å². The van der Waals surface area contributed by atoms with Gasteiger partial charge in [-0.3, -0.25) is 0 Å². The molecule has 0 aliphatic carbocycles. The van der Waals surface area contributed by atoms with Gasteiger partial charge in [-0.15, -0.1) is 0 Å². The third kappa shape index (κ3) is 4.60. The van der Waals surface area contributed by atoms with Gasteiger partial charge in [0.2, 0.25) is 0 Å². The van der Waals surface area contributed by atoms with E-state index in [9.17, 15) is 0 Å². The topological polar surface area (TPSA) is 21.3 Å². The first-order valence-electron chi connectivity index (χ1n) is 8.22. The van der Waals surface area contributed by atoms with Crippen LogP contribution in [-0.2, 0) is 17.6 Å². The van der Waals surface area contributed by atoms with Crippen molar-refractivity contribution >= 4 is 0 Å². The molecule has 0 spiro atoms. The molecule has 1 N–H and O–H groups in total. The molecule has 0 aromatic heterocycles. The molecule has 1 saturated heterocycles. The molecule has 0 saturated carbocycles. The molecule has 2 heteroatoms. The van der Waals surface area contributed by atoms with Gasteiger partial charge in [0.05, 0.1) is 6.61 Å². The van der Waals surface area contributed by atoms with Crippen LogP contribution in [0.2, 0.25) is 0 Å². The second kappa shape index (κ2) is 8.43. The van der Waals surface area contributed by atoms with Crippen LogP contribution in [0.15, 0.2) is 24.3 Å². The summed E-state index contributed by atoms with van der Waals surface area (Å²) < 4.78 is 5.68. The number of hydrogen-bond donors (Lipinski definition) is 1. The summed E-state index contributed by atoms with van der Waals surface area (Å²) in [5.74, 6) is 0.668. The van der Waals surface area contributed by atoms with Gasteiger partial charge < -0.3 is 10.1 Å². The van der Waals surface area contributed by atoms with Crippen molar-refractivity contribution in [3.05, 3.63) is 35.4 Å². The Bertz CT molecular complexity index is 368. The highest BCUT2D eigenvalue weighted by Gasteiger charge is 2.23. The van der Waals surface area contributed by atoms with E-state index in [0.29, 0.717) is 12.0 Å². The highest BCUT2D eigenvalue weighted by Crippen LogP contribution is 2.21. The summed E-state index contributed by atoms with van der Waals surface area (Å²) >= 11 is 0. The number of benzene rings is 1. The summed E-state index contributed by atoms with van der Waals surface area (Å²) in [6.45, 7) is 7.42. The highest BCUT2D eigenvalue weighted by atomic mass is 16.5. The van der Waals surface area contributed by atoms with E-state index in [4.69, 9.17) is 4.74 Å². The van der Waals surface area contributed by atoms with E-state index in [1.165, 1.54) is 30.4 Å². The molecule has 1 aromatic rings. The monoisotopic (exact) mass is 275 g/mol. The van der Waals surface area contributed by atoms with Gasteiger partial charge in [-0.1, -0.05) is 38.1 Å². The van der Waals surface area contributed by atoms with E-state index in [1.54, 1.807) is 0 Å². The van der Waals surface area contributed by atoms with Crippen molar-refractivity contribution in [2.45, 2.75) is 52.0 Å². The average Bonchev–Trinajstić information content (AvgIpc) is 2.53. The second-order valence-corrected chi connectivity index (χ2v) is 5.91. The normalized spacial score (nSPS) is 20.8. The van der Waals surface area contributed by atoms with Gasteiger partial charge in [0.25, 0.3) is 0 Å². The highest BCUT2D eigenvalue weighted by molar-refractivity contribution is 5.23. The molecule has 2 rings (SSSR count). The second-order valence-electron chi connectivity index (χ2n) is 5.91. The molecule has 2 atom stereocenters. The lowest BCUT2D eigenvalue weighted by Crippen LogP contribution is -2.42. The summed E-state index contributed by atoms with van der Waals surface area (Å²) in [6, 6.07) is 9.68. The molecule has 1 fully saturated rings. The molecule has 0 bridgehead atoms. The first kappa shape index (κ1) is 15.5. The van der Waals surface area contributed by atoms with E-state index in [-0.39, 0.29) is 0 Å². The first-order chi connectivity index (χ1) is 9.83. The summed E-state index contributed by atoms with van der Waals surface area (Å²) in [4.78, 5) is 0. The maximum absolute atomic E-state index is 5.68. The Morgan fingerprint density at radius 3 is 2.55 bits per heavy atom. The third-order valence-electron chi connectivity index (χ3n) is 4.31. The van der Waals surface area contributed by atoms with Crippen LogP contribution in [0.4, 0.5) is 0 Å². The van der Waals surface area contributed by atoms with E-state index in [1.807, 2.05) is 0 Å². The van der Waals surface area contributed by atoms with Gasteiger partial charge in [-0.05, 0) is 55.7 Å². The standard InChI is InChI=1S/C18H29NO/c1-3-11-19-18(17-6-5-12-20-14-17)13-16-9-7-15(4-2)8-10-16/h7-10,17-19H,3-6,11-14H2,1-2H3. The summed E-state index contributed by atoms with van der Waals surface area (Å²) in [7, 11) is 0. The molecule has 1 heterocycles. The SMILES string of the molecule is CCCNC(Cc1ccc(CC)cc1)C1CCCOC1. The number of nitrogens with one attached hydrogen (secondary N) is 1. The number of aryl methyl sites for hydroxylation is 1. The minimum absolute atomic E-state index is 0.558. The molecule has 1 aromatic carbocycles. The zero-order valence-electron chi connectivity index (χ0n) is 13.0. The van der Waals surface area contributed by atoms with E-state index < -0.39 is 0 Å². The van der Waals surface area contributed by atoms with Gasteiger partial charge >= 0.3 is 0 Å². The first-order valence-corrected chi connectivity index (χ1v) is 8.22. The molecule has 20 heavy (non-hydrogen) atoms. The maximum atomic E-state index is 5.68. The van der Waals surface area contributed by atoms with Crippen molar-refractivity contribution < 1.29 is 4.74 Å². The molecule has 0 radical (unpaired) electrons. The smallest absolute Gasteiger partial charge is 0.0509 e. The summed E-state index contributed by atoms with van der Waals surface area (Å²) in [6.07, 6.45) is 5.95. The zero-order chi connectivity index (χ0) is 14.2. The van der Waals surface area contributed by atoms with Gasteiger partial charge in [0.15, 0.2) is 0 Å². The molecular weight excluding hydrogens is 246 g/mol. The average molecular weight is 275 g/mol. The van der Waals surface area contributed by atoms with Crippen LogP contribution in [0.3, 0.4) is 0 Å². The molecule has 1 aliphatic rings. The van der Waals surface area contributed by atoms with Crippen LogP contribution < -0.4 is 5.32 Å². The summed E-state index contributed by atoms with van der Waals surface area (Å²) in [5.41, 5.74) is 2.87. The molecule has 2 nitrogen and oxygen atoms in total. The van der Waals surface area contributed by atoms with Crippen molar-refractivity contribution in [3.63, 3.8) is 0 Å². The van der Waals surface area contributed by atoms with Crippen molar-refractivity contribution in [2.24, 2.45) is 5.92 Å². The van der Waals surface area contributed by atoms with Crippen LogP contribution in [-0.4, -0.2) is 25.8 Å². The molecule has 1 aliphatic heterocycles. The molecule has 2 unspecified atom stereocenters. The van der Waals surface area contributed by atoms with Crippen molar-refractivity contribution in [1.29, 1.82) is 0 Å². The Kier molecular flexibility index (Phi) is 6.55. The Labute approximate surface area is 123 Å². The lowest BCUT2D eigenvalue weighted by Gasteiger charge is -2.31. The summed E-state index contributed by atoms with van der Waals surface area (Å²) in [5, 5.41) is 3.74. The largest absolute Gasteiger partial charge is 0.381 e. The van der Waals surface area contributed by atoms with E-state index in [2.05, 4.69) is 43.4 Å². The minimum Gasteiger partial charge on any atom is -0.381 e. The molecule has 112 valence electrons. The van der Waals surface area contributed by atoms with Crippen molar-refractivity contribution in [1.82, 2.24) is 5.32 Å².